The second-order valence-electron chi connectivity index (χ2n) is 8.11. The summed E-state index contributed by atoms with van der Waals surface area (Å²) < 4.78 is 2.31. The third-order valence-corrected chi connectivity index (χ3v) is 6.36. The first-order chi connectivity index (χ1) is 15.6. The van der Waals surface area contributed by atoms with Crippen LogP contribution in [0.25, 0.3) is 10.9 Å². The van der Waals surface area contributed by atoms with E-state index in [0.717, 1.165) is 24.1 Å². The topological polar surface area (TPSA) is 34.0 Å². The predicted octanol–water partition coefficient (Wildman–Crippen LogP) is 6.72. The van der Waals surface area contributed by atoms with Gasteiger partial charge in [0.15, 0.2) is 0 Å². The monoisotopic (exact) mass is 444 g/mol. The molecule has 0 aliphatic rings. The summed E-state index contributed by atoms with van der Waals surface area (Å²) in [6.45, 7) is 5.78. The van der Waals surface area contributed by atoms with Crippen LogP contribution in [0.3, 0.4) is 0 Å². The molecule has 4 aromatic rings. The Kier molecular flexibility index (Phi) is 6.96. The first-order valence-corrected chi connectivity index (χ1v) is 11.6. The molecule has 4 heteroatoms. The van der Waals surface area contributed by atoms with Gasteiger partial charge in [-0.05, 0) is 47.7 Å². The normalized spacial score (nSPS) is 12.1. The van der Waals surface area contributed by atoms with Crippen LogP contribution in [-0.4, -0.2) is 10.5 Å². The zero-order valence-electron chi connectivity index (χ0n) is 18.6. The van der Waals surface area contributed by atoms with Crippen LogP contribution in [0.2, 0.25) is 5.02 Å². The van der Waals surface area contributed by atoms with Crippen molar-refractivity contribution >= 4 is 28.4 Å². The number of aryl methyl sites for hydroxylation is 2. The zero-order chi connectivity index (χ0) is 22.5. The standard InChI is InChI=1S/C28H29ClN2O/c1-3-21-11-8-12-24-26(19-31(4-2)28(21)24)25(22-13-15-23(29)16-14-22)17-27(32)30-18-20-9-6-5-7-10-20/h5-16,19,25H,3-4,17-18H2,1-2H3,(H,30,32). The number of hydrogen-bond donors (Lipinski definition) is 1. The summed E-state index contributed by atoms with van der Waals surface area (Å²) >= 11 is 6.16. The Balaban J connectivity index is 1.70. The average molecular weight is 445 g/mol. The summed E-state index contributed by atoms with van der Waals surface area (Å²) in [5.74, 6) is -0.0108. The molecule has 0 saturated heterocycles. The first-order valence-electron chi connectivity index (χ1n) is 11.3. The highest BCUT2D eigenvalue weighted by Crippen LogP contribution is 2.36. The molecule has 3 nitrogen and oxygen atoms in total. The highest BCUT2D eigenvalue weighted by atomic mass is 35.5. The molecule has 0 fully saturated rings. The maximum Gasteiger partial charge on any atom is 0.221 e. The minimum absolute atomic E-state index is 0.0397. The second-order valence-corrected chi connectivity index (χ2v) is 8.54. The van der Waals surface area contributed by atoms with Crippen LogP contribution in [0, 0.1) is 0 Å². The Hall–Kier alpha value is -3.04. The maximum absolute atomic E-state index is 13.0. The number of nitrogens with one attached hydrogen (secondary N) is 1. The highest BCUT2D eigenvalue weighted by molar-refractivity contribution is 6.30. The number of fused-ring (bicyclic) bond motifs is 1. The van der Waals surface area contributed by atoms with Crippen LogP contribution in [0.4, 0.5) is 0 Å². The van der Waals surface area contributed by atoms with Gasteiger partial charge < -0.3 is 9.88 Å². The van der Waals surface area contributed by atoms with E-state index < -0.39 is 0 Å². The third kappa shape index (κ3) is 4.73. The van der Waals surface area contributed by atoms with Crippen molar-refractivity contribution in [3.8, 4) is 0 Å². The fourth-order valence-corrected chi connectivity index (χ4v) is 4.56. The molecule has 1 N–H and O–H groups in total. The Bertz CT molecular complexity index is 1200. The second kappa shape index (κ2) is 10.1. The van der Waals surface area contributed by atoms with Gasteiger partial charge in [-0.25, -0.2) is 0 Å². The molecular formula is C28H29ClN2O. The van der Waals surface area contributed by atoms with E-state index in [1.165, 1.54) is 22.0 Å². The Morgan fingerprint density at radius 1 is 0.969 bits per heavy atom. The molecule has 0 saturated carbocycles. The predicted molar refractivity (Wildman–Crippen MR) is 133 cm³/mol. The molecule has 1 atom stereocenters. The lowest BCUT2D eigenvalue weighted by molar-refractivity contribution is -0.121. The Morgan fingerprint density at radius 3 is 2.41 bits per heavy atom. The largest absolute Gasteiger partial charge is 0.352 e. The van der Waals surface area contributed by atoms with Crippen LogP contribution in [0.1, 0.15) is 48.4 Å². The first kappa shape index (κ1) is 22.2. The molecule has 0 radical (unpaired) electrons. The molecule has 4 rings (SSSR count). The number of carbonyl (C=O) groups is 1. The Labute approximate surface area is 195 Å². The van der Waals surface area contributed by atoms with Gasteiger partial charge >= 0.3 is 0 Å². The van der Waals surface area contributed by atoms with Crippen molar-refractivity contribution in [2.45, 2.75) is 45.7 Å². The maximum atomic E-state index is 13.0. The summed E-state index contributed by atoms with van der Waals surface area (Å²) in [5.41, 5.74) is 5.99. The highest BCUT2D eigenvalue weighted by Gasteiger charge is 2.23. The molecule has 1 amide bonds. The SMILES string of the molecule is CCc1cccc2c(C(CC(=O)NCc3ccccc3)c3ccc(Cl)cc3)cn(CC)c12. The quantitative estimate of drug-likeness (QED) is 0.321. The summed E-state index contributed by atoms with van der Waals surface area (Å²) in [6.07, 6.45) is 3.59. The lowest BCUT2D eigenvalue weighted by atomic mass is 9.87. The van der Waals surface area contributed by atoms with Crippen molar-refractivity contribution in [1.82, 2.24) is 9.88 Å². The molecule has 0 aliphatic carbocycles. The van der Waals surface area contributed by atoms with Gasteiger partial charge in [0.2, 0.25) is 5.91 Å². The minimum Gasteiger partial charge on any atom is -0.352 e. The zero-order valence-corrected chi connectivity index (χ0v) is 19.4. The number of aromatic nitrogens is 1. The lowest BCUT2D eigenvalue weighted by Crippen LogP contribution is -2.25. The van der Waals surface area contributed by atoms with Crippen molar-refractivity contribution in [3.63, 3.8) is 0 Å². The van der Waals surface area contributed by atoms with Crippen LogP contribution < -0.4 is 5.32 Å². The van der Waals surface area contributed by atoms with E-state index in [4.69, 9.17) is 11.6 Å². The number of benzene rings is 3. The summed E-state index contributed by atoms with van der Waals surface area (Å²) in [7, 11) is 0. The number of hydrogen-bond acceptors (Lipinski definition) is 1. The fraction of sp³-hybridized carbons (Fsp3) is 0.250. The molecule has 1 aromatic heterocycles. The van der Waals surface area contributed by atoms with E-state index in [1.54, 1.807) is 0 Å². The molecule has 3 aromatic carbocycles. The van der Waals surface area contributed by atoms with Gasteiger partial charge in [-0.1, -0.05) is 79.2 Å². The molecule has 32 heavy (non-hydrogen) atoms. The number of halogens is 1. The number of amides is 1. The number of nitrogens with zero attached hydrogens (tertiary/aromatic N) is 1. The Morgan fingerprint density at radius 2 is 1.72 bits per heavy atom. The van der Waals surface area contributed by atoms with Gasteiger partial charge in [-0.2, -0.15) is 0 Å². The van der Waals surface area contributed by atoms with Gasteiger partial charge in [0.05, 0.1) is 5.52 Å². The minimum atomic E-state index is -0.0505. The van der Waals surface area contributed by atoms with Crippen LogP contribution in [0.15, 0.2) is 79.0 Å². The van der Waals surface area contributed by atoms with Gasteiger partial charge in [0, 0.05) is 42.0 Å². The number of para-hydroxylation sites is 1. The van der Waals surface area contributed by atoms with Crippen molar-refractivity contribution < 1.29 is 4.79 Å². The molecule has 0 bridgehead atoms. The van der Waals surface area contributed by atoms with E-state index >= 15 is 0 Å². The van der Waals surface area contributed by atoms with Gasteiger partial charge in [0.25, 0.3) is 0 Å². The summed E-state index contributed by atoms with van der Waals surface area (Å²) in [4.78, 5) is 13.0. The summed E-state index contributed by atoms with van der Waals surface area (Å²) in [5, 5.41) is 5.02. The van der Waals surface area contributed by atoms with Crippen molar-refractivity contribution in [2.24, 2.45) is 0 Å². The van der Waals surface area contributed by atoms with Gasteiger partial charge in [0.1, 0.15) is 0 Å². The van der Waals surface area contributed by atoms with E-state index in [2.05, 4.69) is 48.1 Å². The smallest absolute Gasteiger partial charge is 0.221 e. The van der Waals surface area contributed by atoms with Crippen LogP contribution in [-0.2, 0) is 24.3 Å². The average Bonchev–Trinajstić information content (AvgIpc) is 3.21. The van der Waals surface area contributed by atoms with Crippen molar-refractivity contribution in [2.75, 3.05) is 0 Å². The molecular weight excluding hydrogens is 416 g/mol. The molecule has 164 valence electrons. The van der Waals surface area contributed by atoms with Crippen molar-refractivity contribution in [3.05, 3.63) is 106 Å². The molecule has 1 heterocycles. The molecule has 1 unspecified atom stereocenters. The van der Waals surface area contributed by atoms with E-state index in [-0.39, 0.29) is 11.8 Å². The van der Waals surface area contributed by atoms with Crippen LogP contribution >= 0.6 is 11.6 Å². The molecule has 0 aliphatic heterocycles. The molecule has 0 spiro atoms. The van der Waals surface area contributed by atoms with Gasteiger partial charge in [-0.3, -0.25) is 4.79 Å². The van der Waals surface area contributed by atoms with E-state index in [0.29, 0.717) is 18.0 Å². The fourth-order valence-electron chi connectivity index (χ4n) is 4.43. The van der Waals surface area contributed by atoms with E-state index in [1.807, 2.05) is 54.6 Å². The van der Waals surface area contributed by atoms with Gasteiger partial charge in [-0.15, -0.1) is 0 Å². The number of rotatable bonds is 8. The van der Waals surface area contributed by atoms with E-state index in [9.17, 15) is 4.79 Å². The van der Waals surface area contributed by atoms with Crippen LogP contribution in [0.5, 0.6) is 0 Å². The third-order valence-electron chi connectivity index (χ3n) is 6.10. The number of carbonyl (C=O) groups excluding carboxylic acids is 1. The lowest BCUT2D eigenvalue weighted by Gasteiger charge is -2.18. The summed E-state index contributed by atoms with van der Waals surface area (Å²) in [6, 6.07) is 24.4. The van der Waals surface area contributed by atoms with Crippen molar-refractivity contribution in [1.29, 1.82) is 0 Å².